The van der Waals surface area contributed by atoms with Crippen molar-refractivity contribution in [2.75, 3.05) is 26.8 Å². The molecule has 1 aromatic rings. The van der Waals surface area contributed by atoms with Gasteiger partial charge in [0.25, 0.3) is 0 Å². The van der Waals surface area contributed by atoms with Crippen LogP contribution in [0.4, 0.5) is 4.79 Å². The van der Waals surface area contributed by atoms with E-state index in [9.17, 15) is 9.59 Å². The highest BCUT2D eigenvalue weighted by Gasteiger charge is 2.42. The highest BCUT2D eigenvalue weighted by Crippen LogP contribution is 2.35. The Morgan fingerprint density at radius 2 is 1.96 bits per heavy atom. The monoisotopic (exact) mass is 377 g/mol. The van der Waals surface area contributed by atoms with E-state index in [1.165, 1.54) is 7.11 Å². The van der Waals surface area contributed by atoms with Gasteiger partial charge in [-0.05, 0) is 44.9 Å². The third-order valence-corrected chi connectivity index (χ3v) is 4.53. The second-order valence-corrected chi connectivity index (χ2v) is 7.90. The Labute approximate surface area is 161 Å². The lowest BCUT2D eigenvalue weighted by molar-refractivity contribution is -0.145. The summed E-state index contributed by atoms with van der Waals surface area (Å²) in [4.78, 5) is 26.4. The number of amides is 1. The zero-order valence-corrected chi connectivity index (χ0v) is 17.0. The number of methoxy groups -OCH3 is 1. The Hall–Kier alpha value is -2.24. The lowest BCUT2D eigenvalue weighted by Gasteiger charge is -2.24. The van der Waals surface area contributed by atoms with Gasteiger partial charge >= 0.3 is 12.1 Å². The van der Waals surface area contributed by atoms with Crippen LogP contribution in [0.1, 0.15) is 52.0 Å². The molecule has 0 N–H and O–H groups in total. The molecule has 27 heavy (non-hydrogen) atoms. The molecule has 0 aliphatic carbocycles. The average Bonchev–Trinajstić information content (AvgIpc) is 3.06. The van der Waals surface area contributed by atoms with Crippen LogP contribution in [0, 0.1) is 5.92 Å². The maximum absolute atomic E-state index is 12.5. The minimum absolute atomic E-state index is 0.153. The van der Waals surface area contributed by atoms with Crippen LogP contribution in [0.15, 0.2) is 24.3 Å². The van der Waals surface area contributed by atoms with Crippen molar-refractivity contribution >= 4 is 12.1 Å². The van der Waals surface area contributed by atoms with E-state index >= 15 is 0 Å². The van der Waals surface area contributed by atoms with Gasteiger partial charge in [0, 0.05) is 19.0 Å². The van der Waals surface area contributed by atoms with E-state index in [0.29, 0.717) is 13.2 Å². The maximum Gasteiger partial charge on any atom is 0.410 e. The molecule has 1 heterocycles. The first-order valence-electron chi connectivity index (χ1n) is 9.53. The standard InChI is InChI=1S/C21H31NO5/c1-6-7-11-26-16-10-8-9-15(12-16)17-13-22(14-18(17)19(23)25-5)20(24)27-21(2,3)4/h8-10,12,17-18H,6-7,11,13-14H2,1-5H3/t17-,18-/m0/s1. The number of likely N-dealkylation sites (tertiary alicyclic amines) is 1. The van der Waals surface area contributed by atoms with Crippen molar-refractivity contribution in [1.82, 2.24) is 4.90 Å². The van der Waals surface area contributed by atoms with Crippen LogP contribution in [0.25, 0.3) is 0 Å². The lowest BCUT2D eigenvalue weighted by Crippen LogP contribution is -2.36. The smallest absolute Gasteiger partial charge is 0.410 e. The molecule has 1 aliphatic heterocycles. The molecule has 1 aromatic carbocycles. The number of nitrogens with zero attached hydrogens (tertiary/aromatic N) is 1. The van der Waals surface area contributed by atoms with Crippen LogP contribution < -0.4 is 4.74 Å². The van der Waals surface area contributed by atoms with Gasteiger partial charge in [0.15, 0.2) is 0 Å². The molecule has 1 aliphatic rings. The number of rotatable bonds is 6. The number of hydrogen-bond acceptors (Lipinski definition) is 5. The molecule has 0 spiro atoms. The van der Waals surface area contributed by atoms with E-state index in [0.717, 1.165) is 24.2 Å². The highest BCUT2D eigenvalue weighted by atomic mass is 16.6. The predicted molar refractivity (Wildman–Crippen MR) is 103 cm³/mol. The molecular weight excluding hydrogens is 346 g/mol. The number of carbonyl (C=O) groups is 2. The van der Waals surface area contributed by atoms with Gasteiger partial charge in [0.2, 0.25) is 0 Å². The van der Waals surface area contributed by atoms with Crippen molar-refractivity contribution in [2.45, 2.75) is 52.1 Å². The summed E-state index contributed by atoms with van der Waals surface area (Å²) < 4.78 is 16.2. The summed E-state index contributed by atoms with van der Waals surface area (Å²) in [5.41, 5.74) is 0.383. The topological polar surface area (TPSA) is 65.1 Å². The normalized spacial score (nSPS) is 19.7. The number of ether oxygens (including phenoxy) is 3. The van der Waals surface area contributed by atoms with Crippen LogP contribution in [0.2, 0.25) is 0 Å². The third-order valence-electron chi connectivity index (χ3n) is 4.53. The van der Waals surface area contributed by atoms with Gasteiger partial charge in [0.05, 0.1) is 19.6 Å². The Morgan fingerprint density at radius 3 is 2.59 bits per heavy atom. The van der Waals surface area contributed by atoms with Crippen LogP contribution in [0.3, 0.4) is 0 Å². The van der Waals surface area contributed by atoms with Crippen molar-refractivity contribution in [3.8, 4) is 5.75 Å². The molecule has 0 unspecified atom stereocenters. The second kappa shape index (κ2) is 9.11. The number of esters is 1. The summed E-state index contributed by atoms with van der Waals surface area (Å²) in [6, 6.07) is 7.74. The minimum atomic E-state index is -0.580. The van der Waals surface area contributed by atoms with Gasteiger partial charge in [0.1, 0.15) is 11.4 Å². The van der Waals surface area contributed by atoms with Gasteiger partial charge in [-0.15, -0.1) is 0 Å². The first-order valence-corrected chi connectivity index (χ1v) is 9.53. The molecule has 1 saturated heterocycles. The molecule has 6 heteroatoms. The van der Waals surface area contributed by atoms with Gasteiger partial charge < -0.3 is 19.1 Å². The number of unbranched alkanes of at least 4 members (excludes halogenated alkanes) is 1. The van der Waals surface area contributed by atoms with E-state index in [1.54, 1.807) is 4.90 Å². The third kappa shape index (κ3) is 5.88. The van der Waals surface area contributed by atoms with Crippen molar-refractivity contribution in [3.05, 3.63) is 29.8 Å². The minimum Gasteiger partial charge on any atom is -0.494 e. The number of carbonyl (C=O) groups excluding carboxylic acids is 2. The average molecular weight is 377 g/mol. The number of hydrogen-bond donors (Lipinski definition) is 0. The molecule has 0 saturated carbocycles. The van der Waals surface area contributed by atoms with Crippen molar-refractivity contribution in [2.24, 2.45) is 5.92 Å². The maximum atomic E-state index is 12.5. The Morgan fingerprint density at radius 1 is 1.22 bits per heavy atom. The van der Waals surface area contributed by atoms with E-state index in [-0.39, 0.29) is 18.4 Å². The fourth-order valence-electron chi connectivity index (χ4n) is 3.18. The van der Waals surface area contributed by atoms with Crippen molar-refractivity contribution in [1.29, 1.82) is 0 Å². The SMILES string of the molecule is CCCCOc1cccc([C@@H]2CN(C(=O)OC(C)(C)C)C[C@@H]2C(=O)OC)c1. The largest absolute Gasteiger partial charge is 0.494 e. The van der Waals surface area contributed by atoms with E-state index in [1.807, 2.05) is 45.0 Å². The Balaban J connectivity index is 2.18. The molecule has 0 aromatic heterocycles. The molecular formula is C21H31NO5. The first-order chi connectivity index (χ1) is 12.7. The molecule has 0 bridgehead atoms. The van der Waals surface area contributed by atoms with Crippen molar-refractivity contribution < 1.29 is 23.8 Å². The lowest BCUT2D eigenvalue weighted by atomic mass is 9.89. The summed E-state index contributed by atoms with van der Waals surface area (Å²) in [6.07, 6.45) is 1.65. The predicted octanol–water partition coefficient (Wildman–Crippen LogP) is 3.99. The fraction of sp³-hybridized carbons (Fsp3) is 0.619. The summed E-state index contributed by atoms with van der Waals surface area (Å²) in [7, 11) is 1.37. The van der Waals surface area contributed by atoms with E-state index in [2.05, 4.69) is 6.92 Å². The van der Waals surface area contributed by atoms with Crippen molar-refractivity contribution in [3.63, 3.8) is 0 Å². The summed E-state index contributed by atoms with van der Waals surface area (Å²) in [5, 5.41) is 0. The van der Waals surface area contributed by atoms with Crippen LogP contribution in [-0.4, -0.2) is 49.4 Å². The highest BCUT2D eigenvalue weighted by molar-refractivity contribution is 5.77. The van der Waals surface area contributed by atoms with Gasteiger partial charge in [-0.1, -0.05) is 25.5 Å². The molecule has 2 rings (SSSR count). The van der Waals surface area contributed by atoms with Gasteiger partial charge in [-0.3, -0.25) is 4.79 Å². The fourth-order valence-corrected chi connectivity index (χ4v) is 3.18. The zero-order valence-electron chi connectivity index (χ0n) is 17.0. The quantitative estimate of drug-likeness (QED) is 0.554. The van der Waals surface area contributed by atoms with Gasteiger partial charge in [-0.25, -0.2) is 4.79 Å². The van der Waals surface area contributed by atoms with E-state index in [4.69, 9.17) is 14.2 Å². The molecule has 2 atom stereocenters. The number of benzene rings is 1. The van der Waals surface area contributed by atoms with Crippen LogP contribution in [0.5, 0.6) is 5.75 Å². The Bertz CT molecular complexity index is 652. The van der Waals surface area contributed by atoms with Gasteiger partial charge in [-0.2, -0.15) is 0 Å². The molecule has 1 fully saturated rings. The Kier molecular flexibility index (Phi) is 7.11. The van der Waals surface area contributed by atoms with E-state index < -0.39 is 17.6 Å². The second-order valence-electron chi connectivity index (χ2n) is 7.90. The molecule has 6 nitrogen and oxygen atoms in total. The summed E-state index contributed by atoms with van der Waals surface area (Å²) in [5.74, 6) is -0.114. The molecule has 1 amide bonds. The molecule has 0 radical (unpaired) electrons. The van der Waals surface area contributed by atoms with Crippen LogP contribution >= 0.6 is 0 Å². The first kappa shape index (κ1) is 21.1. The molecule has 150 valence electrons. The summed E-state index contributed by atoms with van der Waals surface area (Å²) >= 11 is 0. The zero-order chi connectivity index (χ0) is 20.0. The van der Waals surface area contributed by atoms with Crippen LogP contribution in [-0.2, 0) is 14.3 Å². The summed E-state index contributed by atoms with van der Waals surface area (Å²) in [6.45, 7) is 8.95.